The number of benzene rings is 1. The second-order valence-electron chi connectivity index (χ2n) is 8.94. The molecule has 8 nitrogen and oxygen atoms in total. The summed E-state index contributed by atoms with van der Waals surface area (Å²) in [5.74, 6) is 2.88. The van der Waals surface area contributed by atoms with Crippen molar-refractivity contribution in [1.29, 1.82) is 0 Å². The predicted molar refractivity (Wildman–Crippen MR) is 128 cm³/mol. The molecule has 1 aromatic carbocycles. The number of hydrogen-bond donors (Lipinski definition) is 0. The molecule has 4 heterocycles. The first-order chi connectivity index (χ1) is 16.8. The maximum Gasteiger partial charge on any atom is 0.233 e. The molecule has 1 atom stereocenters. The molecule has 2 fully saturated rings. The summed E-state index contributed by atoms with van der Waals surface area (Å²) < 4.78 is 13.8. The third-order valence-electron chi connectivity index (χ3n) is 6.55. The lowest BCUT2D eigenvalue weighted by molar-refractivity contribution is -0.129. The number of ether oxygens (including phenoxy) is 2. The zero-order valence-corrected chi connectivity index (χ0v) is 19.7. The van der Waals surface area contributed by atoms with E-state index in [4.69, 9.17) is 9.47 Å². The van der Waals surface area contributed by atoms with Gasteiger partial charge in [0.1, 0.15) is 0 Å². The van der Waals surface area contributed by atoms with E-state index < -0.39 is 0 Å². The van der Waals surface area contributed by atoms with Crippen molar-refractivity contribution < 1.29 is 14.3 Å². The van der Waals surface area contributed by atoms with Crippen LogP contribution in [0.15, 0.2) is 47.9 Å². The van der Waals surface area contributed by atoms with Gasteiger partial charge in [0.15, 0.2) is 22.5 Å². The van der Waals surface area contributed by atoms with Gasteiger partial charge in [-0.05, 0) is 55.5 Å². The molecule has 1 saturated carbocycles. The third-order valence-corrected chi connectivity index (χ3v) is 7.48. The Balaban J connectivity index is 1.17. The minimum absolute atomic E-state index is 0.0671. The predicted octanol–water partition coefficient (Wildman–Crippen LogP) is 4.29. The Kier molecular flexibility index (Phi) is 5.86. The smallest absolute Gasteiger partial charge is 0.233 e. The van der Waals surface area contributed by atoms with Gasteiger partial charge in [-0.3, -0.25) is 14.3 Å². The van der Waals surface area contributed by atoms with Crippen LogP contribution >= 0.6 is 11.8 Å². The quantitative estimate of drug-likeness (QED) is 0.490. The van der Waals surface area contributed by atoms with E-state index in [9.17, 15) is 4.79 Å². The van der Waals surface area contributed by atoms with Crippen molar-refractivity contribution in [2.75, 3.05) is 25.5 Å². The maximum absolute atomic E-state index is 13.3. The summed E-state index contributed by atoms with van der Waals surface area (Å²) in [6.45, 7) is 2.10. The van der Waals surface area contributed by atoms with Crippen molar-refractivity contribution in [3.63, 3.8) is 0 Å². The molecule has 0 radical (unpaired) electrons. The first-order valence-electron chi connectivity index (χ1n) is 11.9. The summed E-state index contributed by atoms with van der Waals surface area (Å²) >= 11 is 1.48. The molecule has 9 heteroatoms. The van der Waals surface area contributed by atoms with E-state index in [2.05, 4.69) is 25.8 Å². The van der Waals surface area contributed by atoms with Crippen LogP contribution in [0.25, 0.3) is 11.4 Å². The molecular weight excluding hydrogens is 450 g/mol. The summed E-state index contributed by atoms with van der Waals surface area (Å²) in [6, 6.07) is 10.5. The van der Waals surface area contributed by atoms with Crippen LogP contribution in [-0.2, 0) is 4.79 Å². The molecule has 1 saturated heterocycles. The largest absolute Gasteiger partial charge is 0.490 e. The van der Waals surface area contributed by atoms with Crippen molar-refractivity contribution in [3.05, 3.63) is 48.3 Å². The number of rotatable bonds is 6. The molecule has 3 aromatic rings. The van der Waals surface area contributed by atoms with Crippen LogP contribution in [0, 0.1) is 0 Å². The van der Waals surface area contributed by atoms with Gasteiger partial charge >= 0.3 is 0 Å². The molecule has 2 aromatic heterocycles. The SMILES string of the molecule is O=C(CSc1nnc(-c2cccnc2)n1C1CC1)N1CCCC1c1ccc2c(c1)OCCCO2. The van der Waals surface area contributed by atoms with Gasteiger partial charge in [-0.15, -0.1) is 10.2 Å². The number of likely N-dealkylation sites (tertiary alicyclic amines) is 1. The number of carbonyl (C=O) groups is 1. The van der Waals surface area contributed by atoms with Crippen molar-refractivity contribution >= 4 is 17.7 Å². The molecule has 1 amide bonds. The monoisotopic (exact) mass is 477 g/mol. The molecule has 2 aliphatic heterocycles. The summed E-state index contributed by atoms with van der Waals surface area (Å²) in [4.78, 5) is 19.5. The Hall–Kier alpha value is -3.07. The Morgan fingerprint density at radius 1 is 1.06 bits per heavy atom. The van der Waals surface area contributed by atoms with Crippen molar-refractivity contribution in [1.82, 2.24) is 24.6 Å². The van der Waals surface area contributed by atoms with Crippen LogP contribution in [0.1, 0.15) is 49.8 Å². The fourth-order valence-corrected chi connectivity index (χ4v) is 5.63. The van der Waals surface area contributed by atoms with Crippen LogP contribution in [-0.4, -0.2) is 56.1 Å². The van der Waals surface area contributed by atoms with Gasteiger partial charge in [0.05, 0.1) is 25.0 Å². The highest BCUT2D eigenvalue weighted by Gasteiger charge is 2.33. The Labute approximate surface area is 202 Å². The Morgan fingerprint density at radius 2 is 1.94 bits per heavy atom. The molecule has 34 heavy (non-hydrogen) atoms. The first kappa shape index (κ1) is 21.5. The summed E-state index contributed by atoms with van der Waals surface area (Å²) in [6.07, 6.45) is 8.63. The zero-order valence-electron chi connectivity index (χ0n) is 18.9. The number of thioether (sulfide) groups is 1. The van der Waals surface area contributed by atoms with E-state index in [1.54, 1.807) is 6.20 Å². The minimum atomic E-state index is 0.0671. The molecule has 1 aliphatic carbocycles. The van der Waals surface area contributed by atoms with Gasteiger partial charge in [0, 0.05) is 37.0 Å². The second-order valence-corrected chi connectivity index (χ2v) is 9.88. The number of nitrogens with zero attached hydrogens (tertiary/aromatic N) is 5. The molecule has 0 spiro atoms. The highest BCUT2D eigenvalue weighted by Crippen LogP contribution is 2.42. The average Bonchev–Trinajstić information content (AvgIpc) is 3.51. The Morgan fingerprint density at radius 3 is 2.76 bits per heavy atom. The van der Waals surface area contributed by atoms with Crippen molar-refractivity contribution in [2.45, 2.75) is 49.3 Å². The molecule has 3 aliphatic rings. The van der Waals surface area contributed by atoms with Crippen molar-refractivity contribution in [2.24, 2.45) is 0 Å². The van der Waals surface area contributed by atoms with Crippen LogP contribution in [0.5, 0.6) is 11.5 Å². The number of fused-ring (bicyclic) bond motifs is 1. The van der Waals surface area contributed by atoms with Crippen LogP contribution < -0.4 is 9.47 Å². The molecule has 1 unspecified atom stereocenters. The molecule has 0 bridgehead atoms. The number of amides is 1. The fourth-order valence-electron chi connectivity index (χ4n) is 4.74. The van der Waals surface area contributed by atoms with E-state index in [1.807, 2.05) is 35.4 Å². The minimum Gasteiger partial charge on any atom is -0.490 e. The number of pyridine rings is 1. The van der Waals surface area contributed by atoms with E-state index in [1.165, 1.54) is 11.8 Å². The zero-order chi connectivity index (χ0) is 22.9. The highest BCUT2D eigenvalue weighted by atomic mass is 32.2. The van der Waals surface area contributed by atoms with Crippen LogP contribution in [0.2, 0.25) is 0 Å². The van der Waals surface area contributed by atoms with E-state index >= 15 is 0 Å². The average molecular weight is 478 g/mol. The van der Waals surface area contributed by atoms with Crippen molar-refractivity contribution in [3.8, 4) is 22.9 Å². The van der Waals surface area contributed by atoms with Gasteiger partial charge < -0.3 is 14.4 Å². The lowest BCUT2D eigenvalue weighted by atomic mass is 10.0. The van der Waals surface area contributed by atoms with Gasteiger partial charge in [-0.25, -0.2) is 0 Å². The third kappa shape index (κ3) is 4.24. The molecule has 6 rings (SSSR count). The summed E-state index contributed by atoms with van der Waals surface area (Å²) in [5, 5.41) is 9.68. The summed E-state index contributed by atoms with van der Waals surface area (Å²) in [5.41, 5.74) is 2.06. The number of aromatic nitrogens is 4. The van der Waals surface area contributed by atoms with Gasteiger partial charge in [0.2, 0.25) is 5.91 Å². The van der Waals surface area contributed by atoms with E-state index in [0.717, 1.165) is 72.3 Å². The maximum atomic E-state index is 13.3. The molecular formula is C25H27N5O3S. The first-order valence-corrected chi connectivity index (χ1v) is 12.9. The highest BCUT2D eigenvalue weighted by molar-refractivity contribution is 7.99. The number of hydrogen-bond acceptors (Lipinski definition) is 7. The van der Waals surface area contributed by atoms with E-state index in [0.29, 0.717) is 25.0 Å². The lowest BCUT2D eigenvalue weighted by Crippen LogP contribution is -2.32. The lowest BCUT2D eigenvalue weighted by Gasteiger charge is -2.25. The van der Waals surface area contributed by atoms with Crippen LogP contribution in [0.3, 0.4) is 0 Å². The topological polar surface area (TPSA) is 82.4 Å². The summed E-state index contributed by atoms with van der Waals surface area (Å²) in [7, 11) is 0. The van der Waals surface area contributed by atoms with E-state index in [-0.39, 0.29) is 11.9 Å². The van der Waals surface area contributed by atoms with Crippen LogP contribution in [0.4, 0.5) is 0 Å². The van der Waals surface area contributed by atoms with Gasteiger partial charge in [-0.2, -0.15) is 0 Å². The van der Waals surface area contributed by atoms with Gasteiger partial charge in [0.25, 0.3) is 0 Å². The molecule has 0 N–H and O–H groups in total. The normalized spacial score (nSPS) is 19.8. The standard InChI is InChI=1S/C25H27N5O3S/c31-23(16-34-25-28-27-24(30(25)19-7-8-19)18-4-1-10-26-15-18)29-11-2-5-20(29)17-6-9-21-22(14-17)33-13-3-12-32-21/h1,4,6,9-10,14-15,19-20H,2-3,5,7-8,11-13,16H2. The van der Waals surface area contributed by atoms with Gasteiger partial charge in [-0.1, -0.05) is 17.8 Å². The Bertz CT molecular complexity index is 1180. The second kappa shape index (κ2) is 9.29. The fraction of sp³-hybridized carbons (Fsp3) is 0.440. The number of carbonyl (C=O) groups excluding carboxylic acids is 1. The molecule has 176 valence electrons.